The number of amides is 1. The molecule has 29 heavy (non-hydrogen) atoms. The van der Waals surface area contributed by atoms with Crippen LogP contribution in [0.25, 0.3) is 21.3 Å². The van der Waals surface area contributed by atoms with E-state index in [0.29, 0.717) is 29.7 Å². The highest BCUT2D eigenvalue weighted by atomic mass is 32.1. The summed E-state index contributed by atoms with van der Waals surface area (Å²) >= 11 is 1.43. The van der Waals surface area contributed by atoms with Gasteiger partial charge in [-0.1, -0.05) is 18.2 Å². The predicted octanol–water partition coefficient (Wildman–Crippen LogP) is 3.95. The Bertz CT molecular complexity index is 1140. The second-order valence-corrected chi connectivity index (χ2v) is 7.12. The number of aryl methyl sites for hydroxylation is 1. The van der Waals surface area contributed by atoms with Crippen LogP contribution in [0.5, 0.6) is 5.88 Å². The van der Waals surface area contributed by atoms with Gasteiger partial charge in [0.15, 0.2) is 5.82 Å². The molecule has 0 saturated heterocycles. The largest absolute Gasteiger partial charge is 0.477 e. The fourth-order valence-electron chi connectivity index (χ4n) is 2.77. The number of nitrogens with zero attached hydrogens (tertiary/aromatic N) is 4. The molecule has 8 nitrogen and oxygen atoms in total. The van der Waals surface area contributed by atoms with Crippen molar-refractivity contribution in [2.75, 3.05) is 11.9 Å². The first-order chi connectivity index (χ1) is 14.2. The van der Waals surface area contributed by atoms with Crippen LogP contribution in [0.1, 0.15) is 22.8 Å². The van der Waals surface area contributed by atoms with Crippen LogP contribution >= 0.6 is 11.3 Å². The number of aromatic amines is 1. The predicted molar refractivity (Wildman–Crippen MR) is 111 cm³/mol. The van der Waals surface area contributed by atoms with Gasteiger partial charge in [0, 0.05) is 17.3 Å². The van der Waals surface area contributed by atoms with E-state index in [2.05, 4.69) is 30.5 Å². The molecule has 3 heterocycles. The number of hydrogen-bond acceptors (Lipinski definition) is 7. The maximum absolute atomic E-state index is 12.6. The first-order valence-electron chi connectivity index (χ1n) is 8.99. The first-order valence-corrected chi connectivity index (χ1v) is 9.80. The van der Waals surface area contributed by atoms with Crippen molar-refractivity contribution in [2.45, 2.75) is 13.8 Å². The van der Waals surface area contributed by atoms with Crippen LogP contribution in [0.3, 0.4) is 0 Å². The summed E-state index contributed by atoms with van der Waals surface area (Å²) in [5, 5.41) is 11.5. The number of carbonyl (C=O) groups excluding carboxylic acids is 1. The number of carbonyl (C=O) groups is 1. The number of pyridine rings is 1. The summed E-state index contributed by atoms with van der Waals surface area (Å²) in [6, 6.07) is 11.0. The van der Waals surface area contributed by atoms with E-state index in [4.69, 9.17) is 4.74 Å². The lowest BCUT2D eigenvalue weighted by Crippen LogP contribution is -2.14. The Morgan fingerprint density at radius 2 is 2.14 bits per heavy atom. The second kappa shape index (κ2) is 8.19. The topological polar surface area (TPSA) is 106 Å². The highest BCUT2D eigenvalue weighted by Gasteiger charge is 2.18. The molecule has 0 aliphatic carbocycles. The van der Waals surface area contributed by atoms with Crippen molar-refractivity contribution in [3.63, 3.8) is 0 Å². The Morgan fingerprint density at radius 1 is 1.28 bits per heavy atom. The Labute approximate surface area is 171 Å². The Kier molecular flexibility index (Phi) is 5.30. The zero-order valence-electron chi connectivity index (χ0n) is 15.8. The molecule has 4 rings (SSSR count). The molecule has 0 aliphatic heterocycles. The highest BCUT2D eigenvalue weighted by molar-refractivity contribution is 7.18. The zero-order valence-corrected chi connectivity index (χ0v) is 16.7. The molecule has 9 heteroatoms. The molecule has 146 valence electrons. The van der Waals surface area contributed by atoms with Crippen LogP contribution in [-0.4, -0.2) is 37.7 Å². The third kappa shape index (κ3) is 3.99. The molecule has 4 aromatic rings. The maximum Gasteiger partial charge on any atom is 0.257 e. The molecular formula is C20H18N6O2S. The Hall–Kier alpha value is -3.59. The fourth-order valence-corrected chi connectivity index (χ4v) is 3.73. The number of hydrogen-bond donors (Lipinski definition) is 2. The fraction of sp³-hybridized carbons (Fsp3) is 0.150. The Morgan fingerprint density at radius 3 is 2.90 bits per heavy atom. The summed E-state index contributed by atoms with van der Waals surface area (Å²) in [5.41, 5.74) is 2.33. The van der Waals surface area contributed by atoms with E-state index >= 15 is 0 Å². The lowest BCUT2D eigenvalue weighted by Gasteiger charge is -2.07. The molecule has 0 fully saturated rings. The first kappa shape index (κ1) is 18.8. The van der Waals surface area contributed by atoms with E-state index in [9.17, 15) is 4.79 Å². The van der Waals surface area contributed by atoms with E-state index in [0.717, 1.165) is 21.0 Å². The summed E-state index contributed by atoms with van der Waals surface area (Å²) in [4.78, 5) is 25.2. The van der Waals surface area contributed by atoms with Gasteiger partial charge in [0.1, 0.15) is 22.0 Å². The summed E-state index contributed by atoms with van der Waals surface area (Å²) < 4.78 is 5.65. The molecule has 0 atom stereocenters. The van der Waals surface area contributed by atoms with E-state index < -0.39 is 0 Å². The minimum absolute atomic E-state index is 0.204. The quantitative estimate of drug-likeness (QED) is 0.502. The zero-order chi connectivity index (χ0) is 20.2. The van der Waals surface area contributed by atoms with Crippen molar-refractivity contribution in [1.82, 2.24) is 25.1 Å². The van der Waals surface area contributed by atoms with Crippen LogP contribution < -0.4 is 10.1 Å². The minimum atomic E-state index is -0.204. The smallest absolute Gasteiger partial charge is 0.257 e. The van der Waals surface area contributed by atoms with Gasteiger partial charge in [-0.05, 0) is 37.6 Å². The lowest BCUT2D eigenvalue weighted by atomic mass is 10.1. The van der Waals surface area contributed by atoms with Gasteiger partial charge in [-0.2, -0.15) is 0 Å². The standard InChI is InChI=1S/C20H18N6O2S/c1-3-28-19-16(17-22-11-23-26-17)29-20(25-19)13-8-9-21-15(10-13)24-18(27)14-7-5-4-6-12(14)2/h4-11H,3H2,1-2H3,(H,21,24,27)(H,22,23,26). The Balaban J connectivity index is 1.63. The number of nitrogens with one attached hydrogen (secondary N) is 2. The number of ether oxygens (including phenoxy) is 1. The van der Waals surface area contributed by atoms with E-state index in [1.54, 1.807) is 18.3 Å². The number of benzene rings is 1. The van der Waals surface area contributed by atoms with Gasteiger partial charge in [0.2, 0.25) is 5.88 Å². The number of thiazole rings is 1. The molecule has 0 spiro atoms. The normalized spacial score (nSPS) is 10.7. The van der Waals surface area contributed by atoms with Gasteiger partial charge in [0.05, 0.1) is 6.61 Å². The van der Waals surface area contributed by atoms with Crippen molar-refractivity contribution in [2.24, 2.45) is 0 Å². The van der Waals surface area contributed by atoms with Crippen LogP contribution in [0.4, 0.5) is 5.82 Å². The van der Waals surface area contributed by atoms with Crippen LogP contribution in [0.2, 0.25) is 0 Å². The summed E-state index contributed by atoms with van der Waals surface area (Å²) in [5.74, 6) is 1.33. The third-order valence-electron chi connectivity index (χ3n) is 4.15. The van der Waals surface area contributed by atoms with Gasteiger partial charge < -0.3 is 15.0 Å². The van der Waals surface area contributed by atoms with Crippen molar-refractivity contribution in [1.29, 1.82) is 0 Å². The minimum Gasteiger partial charge on any atom is -0.477 e. The lowest BCUT2D eigenvalue weighted by molar-refractivity contribution is 0.102. The molecule has 0 radical (unpaired) electrons. The van der Waals surface area contributed by atoms with E-state index in [-0.39, 0.29) is 5.91 Å². The molecule has 0 unspecified atom stereocenters. The molecule has 2 N–H and O–H groups in total. The molecule has 0 aliphatic rings. The van der Waals surface area contributed by atoms with Crippen molar-refractivity contribution < 1.29 is 9.53 Å². The highest BCUT2D eigenvalue weighted by Crippen LogP contribution is 2.38. The molecule has 0 saturated carbocycles. The van der Waals surface area contributed by atoms with Crippen molar-refractivity contribution >= 4 is 23.1 Å². The van der Waals surface area contributed by atoms with Gasteiger partial charge in [-0.15, -0.1) is 21.5 Å². The monoisotopic (exact) mass is 406 g/mol. The van der Waals surface area contributed by atoms with Crippen LogP contribution in [0.15, 0.2) is 48.9 Å². The summed E-state index contributed by atoms with van der Waals surface area (Å²) in [7, 11) is 0. The van der Waals surface area contributed by atoms with Crippen LogP contribution in [0, 0.1) is 6.92 Å². The summed E-state index contributed by atoms with van der Waals surface area (Å²) in [6.07, 6.45) is 3.15. The van der Waals surface area contributed by atoms with E-state index in [1.807, 2.05) is 38.1 Å². The molecule has 1 aromatic carbocycles. The SMILES string of the molecule is CCOc1nc(-c2ccnc(NC(=O)c3ccccc3C)c2)sc1-c1nnc[nH]1. The van der Waals surface area contributed by atoms with Gasteiger partial charge in [-0.3, -0.25) is 4.79 Å². The number of anilines is 1. The third-order valence-corrected chi connectivity index (χ3v) is 5.24. The summed E-state index contributed by atoms with van der Waals surface area (Å²) in [6.45, 7) is 4.28. The van der Waals surface area contributed by atoms with Crippen LogP contribution in [-0.2, 0) is 0 Å². The molecule has 3 aromatic heterocycles. The van der Waals surface area contributed by atoms with Crippen molar-refractivity contribution in [3.05, 3.63) is 60.0 Å². The average molecular weight is 406 g/mol. The van der Waals surface area contributed by atoms with E-state index in [1.165, 1.54) is 17.7 Å². The average Bonchev–Trinajstić information content (AvgIpc) is 3.38. The molecule has 0 bridgehead atoms. The number of H-pyrrole nitrogens is 1. The van der Waals surface area contributed by atoms with Crippen molar-refractivity contribution in [3.8, 4) is 27.2 Å². The van der Waals surface area contributed by atoms with Gasteiger partial charge in [-0.25, -0.2) is 9.97 Å². The van der Waals surface area contributed by atoms with Gasteiger partial charge >= 0.3 is 0 Å². The molecule has 1 amide bonds. The number of rotatable bonds is 6. The number of aromatic nitrogens is 5. The maximum atomic E-state index is 12.6. The second-order valence-electron chi connectivity index (χ2n) is 6.12. The molecular weight excluding hydrogens is 388 g/mol. The van der Waals surface area contributed by atoms with Gasteiger partial charge in [0.25, 0.3) is 5.91 Å².